The van der Waals surface area contributed by atoms with E-state index in [1.54, 1.807) is 56.3 Å². The van der Waals surface area contributed by atoms with Crippen LogP contribution in [0, 0.1) is 11.8 Å². The Morgan fingerprint density at radius 2 is 1.72 bits per heavy atom. The average Bonchev–Trinajstić information content (AvgIpc) is 3.53. The van der Waals surface area contributed by atoms with Crippen LogP contribution in [-0.2, 0) is 36.9 Å². The first-order valence-electron chi connectivity index (χ1n) is 18.0. The molecule has 3 aromatic rings. The van der Waals surface area contributed by atoms with Gasteiger partial charge in [0.2, 0.25) is 11.7 Å². The normalized spacial score (nSPS) is 21.5. The molecule has 0 spiro atoms. The number of aromatic hydroxyl groups is 1. The zero-order chi connectivity index (χ0) is 41.7. The summed E-state index contributed by atoms with van der Waals surface area (Å²) in [6.45, 7) is 0.806. The van der Waals surface area contributed by atoms with Crippen LogP contribution in [0.25, 0.3) is 17.1 Å². The third kappa shape index (κ3) is 6.90. The predicted molar refractivity (Wildman–Crippen MR) is 202 cm³/mol. The number of rotatable bonds is 11. The Morgan fingerprint density at radius 3 is 2.33 bits per heavy atom. The first-order valence-corrected chi connectivity index (χ1v) is 18.0. The minimum atomic E-state index is -2.82. The molecule has 0 aliphatic heterocycles. The fraction of sp³-hybridized carbons (Fsp3) is 0.385. The number of nitrogens with two attached hydrogens (primary N) is 1. The molecule has 2 aromatic carbocycles. The van der Waals surface area contributed by atoms with Gasteiger partial charge in [0.25, 0.3) is 5.91 Å². The van der Waals surface area contributed by atoms with E-state index in [0.717, 1.165) is 4.90 Å². The number of nitrogens with zero attached hydrogens (tertiary/aromatic N) is 3. The number of amides is 3. The van der Waals surface area contributed by atoms with Crippen LogP contribution in [0.2, 0.25) is 0 Å². The maximum Gasteiger partial charge on any atom is 0.519 e. The molecule has 0 radical (unpaired) electrons. The van der Waals surface area contributed by atoms with Crippen LogP contribution >= 0.6 is 0 Å². The topological polar surface area (TPSA) is 267 Å². The molecule has 0 saturated heterocycles. The van der Waals surface area contributed by atoms with Crippen LogP contribution < -0.4 is 21.8 Å². The summed E-state index contributed by atoms with van der Waals surface area (Å²) in [5.41, 5.74) is 2.22. The second-order valence-electron chi connectivity index (χ2n) is 14.6. The summed E-state index contributed by atoms with van der Waals surface area (Å²) < 4.78 is 15.6. The molecule has 302 valence electrons. The quantitative estimate of drug-likeness (QED) is 0.120. The number of fused-ring (bicyclic) bond motifs is 3. The third-order valence-electron chi connectivity index (χ3n) is 10.5. The molecule has 6 rings (SSSR count). The van der Waals surface area contributed by atoms with Crippen molar-refractivity contribution >= 4 is 46.6 Å². The molecule has 3 amide bonds. The highest BCUT2D eigenvalue weighted by atomic mass is 16.6. The van der Waals surface area contributed by atoms with E-state index in [9.17, 15) is 49.2 Å². The molecule has 1 heterocycles. The highest BCUT2D eigenvalue weighted by Crippen LogP contribution is 2.54. The van der Waals surface area contributed by atoms with E-state index in [1.807, 2.05) is 0 Å². The van der Waals surface area contributed by atoms with Crippen LogP contribution in [0.3, 0.4) is 0 Å². The Labute approximate surface area is 325 Å². The summed E-state index contributed by atoms with van der Waals surface area (Å²) >= 11 is 0. The number of carbonyl (C=O) groups is 5. The van der Waals surface area contributed by atoms with E-state index >= 15 is 0 Å². The molecule has 0 bridgehead atoms. The van der Waals surface area contributed by atoms with Gasteiger partial charge in [-0.15, -0.1) is 0 Å². The molecule has 3 aliphatic carbocycles. The minimum Gasteiger partial charge on any atom is -0.508 e. The molecule has 1 aromatic heterocycles. The average molecular weight is 790 g/mol. The SMILES string of the molecule is CCCN(CC(=O)Nc1cc(N(C)C)c2c(c1O)C(O)=C1C(=O)[C@]3(O)C(O)=C(C(N)=O)C(=O)[C@H](N(C)C)C3CC1C2)C(=O)OCc1oc(=O)oc1-c1ccccc1. The second-order valence-corrected chi connectivity index (χ2v) is 14.6. The Morgan fingerprint density at radius 1 is 1.04 bits per heavy atom. The number of Topliss-reactive ketones (excluding diaryl/α,β-unsaturated/α-hetero) is 2. The summed E-state index contributed by atoms with van der Waals surface area (Å²) in [6.07, 6.45) is -0.562. The molecular weight excluding hydrogens is 746 g/mol. The van der Waals surface area contributed by atoms with Gasteiger partial charge in [-0.2, -0.15) is 0 Å². The third-order valence-corrected chi connectivity index (χ3v) is 10.5. The van der Waals surface area contributed by atoms with Crippen molar-refractivity contribution in [3.05, 3.63) is 80.8 Å². The van der Waals surface area contributed by atoms with Gasteiger partial charge in [-0.1, -0.05) is 37.3 Å². The van der Waals surface area contributed by atoms with Crippen molar-refractivity contribution < 1.29 is 58.0 Å². The summed E-state index contributed by atoms with van der Waals surface area (Å²) in [6, 6.07) is 8.78. The zero-order valence-corrected chi connectivity index (χ0v) is 31.8. The van der Waals surface area contributed by atoms with Crippen LogP contribution in [-0.4, -0.2) is 113 Å². The number of phenolic OH excluding ortho intramolecular Hbond substituents is 1. The van der Waals surface area contributed by atoms with E-state index in [-0.39, 0.29) is 47.7 Å². The smallest absolute Gasteiger partial charge is 0.508 e. The summed E-state index contributed by atoms with van der Waals surface area (Å²) in [5, 5.41) is 49.0. The molecule has 57 heavy (non-hydrogen) atoms. The number of benzene rings is 2. The molecule has 2 unspecified atom stereocenters. The molecule has 1 saturated carbocycles. The highest BCUT2D eigenvalue weighted by molar-refractivity contribution is 6.24. The van der Waals surface area contributed by atoms with Gasteiger partial charge in [-0.25, -0.2) is 9.59 Å². The molecule has 18 heteroatoms. The molecule has 4 atom stereocenters. The Kier molecular flexibility index (Phi) is 10.8. The number of phenols is 1. The number of primary amides is 1. The van der Waals surface area contributed by atoms with Crippen LogP contribution in [0.5, 0.6) is 5.75 Å². The molecular formula is C39H43N5O13. The van der Waals surface area contributed by atoms with Gasteiger partial charge in [0.05, 0.1) is 17.3 Å². The lowest BCUT2D eigenvalue weighted by Gasteiger charge is -2.50. The first-order chi connectivity index (χ1) is 26.9. The molecule has 3 aliphatic rings. The van der Waals surface area contributed by atoms with Crippen molar-refractivity contribution in [2.75, 3.05) is 51.5 Å². The number of carbonyl (C=O) groups excluding carboxylic acids is 5. The van der Waals surface area contributed by atoms with E-state index in [2.05, 4.69) is 5.32 Å². The van der Waals surface area contributed by atoms with Crippen molar-refractivity contribution in [1.82, 2.24) is 9.80 Å². The number of hydrogen-bond acceptors (Lipinski definition) is 15. The number of hydrogen-bond donors (Lipinski definition) is 6. The van der Waals surface area contributed by atoms with Crippen LogP contribution in [0.1, 0.15) is 36.7 Å². The maximum absolute atomic E-state index is 14.3. The fourth-order valence-electron chi connectivity index (χ4n) is 8.09. The second kappa shape index (κ2) is 15.3. The molecule has 18 nitrogen and oxygen atoms in total. The number of nitrogens with one attached hydrogen (secondary N) is 1. The summed E-state index contributed by atoms with van der Waals surface area (Å²) in [7, 11) is 6.39. The minimum absolute atomic E-state index is 0.0305. The van der Waals surface area contributed by atoms with Crippen molar-refractivity contribution in [3.63, 3.8) is 0 Å². The first kappa shape index (κ1) is 40.3. The molecule has 1 fully saturated rings. The van der Waals surface area contributed by atoms with Crippen molar-refractivity contribution in [2.24, 2.45) is 17.6 Å². The summed E-state index contributed by atoms with van der Waals surface area (Å²) in [5.74, 6) is -9.74. The maximum atomic E-state index is 14.3. The van der Waals surface area contributed by atoms with Gasteiger partial charge in [0.1, 0.15) is 29.4 Å². The number of likely N-dealkylation sites (N-methyl/N-ethyl adjacent to an activating group) is 1. The van der Waals surface area contributed by atoms with Gasteiger partial charge < -0.3 is 49.9 Å². The molecule has 7 N–H and O–H groups in total. The van der Waals surface area contributed by atoms with Crippen molar-refractivity contribution in [1.29, 1.82) is 0 Å². The van der Waals surface area contributed by atoms with E-state index in [4.69, 9.17) is 19.3 Å². The number of ether oxygens (including phenoxy) is 1. The monoisotopic (exact) mass is 789 g/mol. The van der Waals surface area contributed by atoms with Crippen molar-refractivity contribution in [2.45, 2.75) is 44.4 Å². The van der Waals surface area contributed by atoms with Gasteiger partial charge >= 0.3 is 11.9 Å². The number of ketones is 2. The fourth-order valence-corrected chi connectivity index (χ4v) is 8.09. The van der Waals surface area contributed by atoms with E-state index in [0.29, 0.717) is 23.2 Å². The number of aliphatic hydroxyl groups excluding tert-OH is 2. The van der Waals surface area contributed by atoms with E-state index in [1.165, 1.54) is 25.1 Å². The van der Waals surface area contributed by atoms with Gasteiger partial charge in [0, 0.05) is 43.4 Å². The largest absolute Gasteiger partial charge is 0.519 e. The van der Waals surface area contributed by atoms with Crippen molar-refractivity contribution in [3.8, 4) is 17.1 Å². The lowest BCUT2D eigenvalue weighted by Crippen LogP contribution is -2.65. The van der Waals surface area contributed by atoms with Crippen LogP contribution in [0.15, 0.2) is 66.9 Å². The van der Waals surface area contributed by atoms with E-state index < -0.39 is 94.8 Å². The Bertz CT molecular complexity index is 2290. The highest BCUT2D eigenvalue weighted by Gasteiger charge is 2.64. The lowest BCUT2D eigenvalue weighted by molar-refractivity contribution is -0.153. The zero-order valence-electron chi connectivity index (χ0n) is 31.8. The standard InChI is InChI=1S/C39H43N5O13/c1-6-12-44(37(52)55-17-24-33(57-38(53)56-24)18-10-8-7-9-11-18)16-25(45)41-22-15-23(42(2)3)20-13-19-14-21-29(43(4)5)32(48)28(36(40)51)35(50)39(21,54)34(49)26(19)31(47)27(20)30(22)46/h7-11,15,19,21,29,46-47,50,54H,6,12-14,16-17H2,1-5H3,(H2,40,51)(H,41,45)/t19?,21?,29-,39+/m1/s1. The lowest BCUT2D eigenvalue weighted by atomic mass is 9.57. The van der Waals surface area contributed by atoms with Gasteiger partial charge in [-0.3, -0.25) is 29.0 Å². The van der Waals surface area contributed by atoms with Gasteiger partial charge in [-0.05, 0) is 50.9 Å². The van der Waals surface area contributed by atoms with Crippen LogP contribution in [0.4, 0.5) is 16.2 Å². The Hall–Kier alpha value is -6.40. The summed E-state index contributed by atoms with van der Waals surface area (Å²) in [4.78, 5) is 82.7. The Balaban J connectivity index is 1.29. The number of aliphatic hydroxyl groups is 3. The van der Waals surface area contributed by atoms with Gasteiger partial charge in [0.15, 0.2) is 29.5 Å². The predicted octanol–water partition coefficient (Wildman–Crippen LogP) is 2.23. The number of anilines is 2.